The molecule has 0 aliphatic heterocycles. The number of nitrogens with two attached hydrogens (primary N) is 1. The van der Waals surface area contributed by atoms with Gasteiger partial charge >= 0.3 is 0 Å². The Morgan fingerprint density at radius 1 is 1.32 bits per heavy atom. The van der Waals surface area contributed by atoms with Gasteiger partial charge in [-0.25, -0.2) is 14.4 Å². The lowest BCUT2D eigenvalue weighted by molar-refractivity contribution is 0.0949. The van der Waals surface area contributed by atoms with Crippen molar-refractivity contribution < 1.29 is 9.18 Å². The third kappa shape index (κ3) is 4.25. The first kappa shape index (κ1) is 17.6. The molecule has 1 aromatic heterocycles. The van der Waals surface area contributed by atoms with Crippen molar-refractivity contribution in [1.82, 2.24) is 15.3 Å². The third-order valence-corrected chi connectivity index (χ3v) is 3.03. The van der Waals surface area contributed by atoms with Gasteiger partial charge in [-0.2, -0.15) is 0 Å². The van der Waals surface area contributed by atoms with Gasteiger partial charge in [0.2, 0.25) is 0 Å². The maximum Gasteiger partial charge on any atom is 0.254 e. The SMILES string of the molecule is CC.Cc1cc(CNC(=O)c2cncnc2C)c(F)cc1N. The average Bonchev–Trinajstić information content (AvgIpc) is 2.52. The highest BCUT2D eigenvalue weighted by atomic mass is 19.1. The van der Waals surface area contributed by atoms with Crippen LogP contribution in [-0.4, -0.2) is 15.9 Å². The predicted octanol–water partition coefficient (Wildman–Crippen LogP) is 2.77. The lowest BCUT2D eigenvalue weighted by Crippen LogP contribution is -2.24. The van der Waals surface area contributed by atoms with Crippen molar-refractivity contribution in [3.05, 3.63) is 52.9 Å². The third-order valence-electron chi connectivity index (χ3n) is 3.03. The summed E-state index contributed by atoms with van der Waals surface area (Å²) in [6, 6.07) is 2.88. The van der Waals surface area contributed by atoms with Crippen LogP contribution in [0.15, 0.2) is 24.7 Å². The number of carbonyl (C=O) groups is 1. The summed E-state index contributed by atoms with van der Waals surface area (Å²) >= 11 is 0. The van der Waals surface area contributed by atoms with Crippen LogP contribution in [0.4, 0.5) is 10.1 Å². The highest BCUT2D eigenvalue weighted by molar-refractivity contribution is 5.94. The average molecular weight is 304 g/mol. The van der Waals surface area contributed by atoms with E-state index in [9.17, 15) is 9.18 Å². The van der Waals surface area contributed by atoms with Gasteiger partial charge < -0.3 is 11.1 Å². The fourth-order valence-electron chi connectivity index (χ4n) is 1.78. The van der Waals surface area contributed by atoms with Crippen LogP contribution < -0.4 is 11.1 Å². The van der Waals surface area contributed by atoms with Crippen molar-refractivity contribution in [2.24, 2.45) is 0 Å². The molecule has 0 bridgehead atoms. The first-order chi connectivity index (χ1) is 10.5. The van der Waals surface area contributed by atoms with Gasteiger partial charge in [0, 0.05) is 24.0 Å². The monoisotopic (exact) mass is 304 g/mol. The van der Waals surface area contributed by atoms with Crippen LogP contribution in [0.3, 0.4) is 0 Å². The van der Waals surface area contributed by atoms with Crippen molar-refractivity contribution in [1.29, 1.82) is 0 Å². The molecule has 0 saturated heterocycles. The summed E-state index contributed by atoms with van der Waals surface area (Å²) in [5.41, 5.74) is 8.12. The predicted molar refractivity (Wildman–Crippen MR) is 84.8 cm³/mol. The van der Waals surface area contributed by atoms with E-state index < -0.39 is 5.82 Å². The van der Waals surface area contributed by atoms with Crippen molar-refractivity contribution in [2.45, 2.75) is 34.2 Å². The Bertz CT molecular complexity index is 659. The lowest BCUT2D eigenvalue weighted by atomic mass is 10.1. The van der Waals surface area contributed by atoms with Gasteiger partial charge in [-0.05, 0) is 31.5 Å². The summed E-state index contributed by atoms with van der Waals surface area (Å²) in [4.78, 5) is 19.7. The molecule has 3 N–H and O–H groups in total. The van der Waals surface area contributed by atoms with Crippen molar-refractivity contribution >= 4 is 11.6 Å². The number of anilines is 1. The van der Waals surface area contributed by atoms with Gasteiger partial charge in [0.15, 0.2) is 0 Å². The maximum absolute atomic E-state index is 13.7. The zero-order valence-electron chi connectivity index (χ0n) is 13.3. The minimum atomic E-state index is -0.436. The molecule has 0 saturated carbocycles. The second kappa shape index (κ2) is 8.07. The highest BCUT2D eigenvalue weighted by Crippen LogP contribution is 2.17. The number of halogens is 1. The summed E-state index contributed by atoms with van der Waals surface area (Å²) in [7, 11) is 0. The van der Waals surface area contributed by atoms with Crippen LogP contribution in [0.2, 0.25) is 0 Å². The smallest absolute Gasteiger partial charge is 0.254 e. The number of aryl methyl sites for hydroxylation is 2. The van der Waals surface area contributed by atoms with Crippen LogP contribution >= 0.6 is 0 Å². The molecule has 1 heterocycles. The number of amides is 1. The van der Waals surface area contributed by atoms with Crippen LogP contribution in [0, 0.1) is 19.7 Å². The lowest BCUT2D eigenvalue weighted by Gasteiger charge is -2.09. The summed E-state index contributed by atoms with van der Waals surface area (Å²) in [5.74, 6) is -0.772. The maximum atomic E-state index is 13.7. The van der Waals surface area contributed by atoms with Crippen molar-refractivity contribution in [3.8, 4) is 0 Å². The van der Waals surface area contributed by atoms with Gasteiger partial charge in [0.05, 0.1) is 11.3 Å². The molecule has 0 aliphatic rings. The van der Waals surface area contributed by atoms with Gasteiger partial charge in [0.25, 0.3) is 5.91 Å². The first-order valence-corrected chi connectivity index (χ1v) is 7.08. The van der Waals surface area contributed by atoms with E-state index in [0.717, 1.165) is 5.56 Å². The molecule has 0 aliphatic carbocycles. The molecule has 0 unspecified atom stereocenters. The van der Waals surface area contributed by atoms with Gasteiger partial charge in [-0.15, -0.1) is 0 Å². The number of hydrogen-bond donors (Lipinski definition) is 2. The van der Waals surface area contributed by atoms with E-state index in [1.54, 1.807) is 19.9 Å². The second-order valence-electron chi connectivity index (χ2n) is 4.50. The fourth-order valence-corrected chi connectivity index (χ4v) is 1.78. The Morgan fingerprint density at radius 2 is 2.00 bits per heavy atom. The number of carbonyl (C=O) groups excluding carboxylic acids is 1. The van der Waals surface area contributed by atoms with Gasteiger partial charge in [-0.3, -0.25) is 4.79 Å². The molecule has 2 rings (SSSR count). The number of rotatable bonds is 3. The largest absolute Gasteiger partial charge is 0.398 e. The topological polar surface area (TPSA) is 80.9 Å². The number of nitrogens with one attached hydrogen (secondary N) is 1. The molecule has 0 fully saturated rings. The Morgan fingerprint density at radius 3 is 2.64 bits per heavy atom. The second-order valence-corrected chi connectivity index (χ2v) is 4.50. The zero-order chi connectivity index (χ0) is 16.7. The number of benzene rings is 1. The quantitative estimate of drug-likeness (QED) is 0.854. The summed E-state index contributed by atoms with van der Waals surface area (Å²) in [6.45, 7) is 7.58. The molecule has 2 aromatic rings. The summed E-state index contributed by atoms with van der Waals surface area (Å²) in [5, 5.41) is 2.64. The van der Waals surface area contributed by atoms with Crippen LogP contribution in [0.5, 0.6) is 0 Å². The van der Waals surface area contributed by atoms with E-state index in [-0.39, 0.29) is 12.5 Å². The van der Waals surface area contributed by atoms with Crippen LogP contribution in [0.1, 0.15) is 41.0 Å². The van der Waals surface area contributed by atoms with E-state index in [2.05, 4.69) is 15.3 Å². The number of aromatic nitrogens is 2. The molecule has 1 aromatic carbocycles. The Balaban J connectivity index is 0.00000116. The molecule has 0 atom stereocenters. The standard InChI is InChI=1S/C14H15FN4O.C2H6/c1-8-3-10(12(15)4-13(8)16)5-18-14(20)11-6-17-7-19-9(11)2;1-2/h3-4,6-7H,5,16H2,1-2H3,(H,18,20);1-2H3. The van der Waals surface area contributed by atoms with Crippen LogP contribution in [-0.2, 0) is 6.54 Å². The van der Waals surface area contributed by atoms with E-state index in [0.29, 0.717) is 22.5 Å². The Labute approximate surface area is 129 Å². The van der Waals surface area contributed by atoms with E-state index in [1.165, 1.54) is 18.6 Å². The number of nitrogen functional groups attached to an aromatic ring is 1. The summed E-state index contributed by atoms with van der Waals surface area (Å²) < 4.78 is 13.7. The number of nitrogens with zero attached hydrogens (tertiary/aromatic N) is 2. The molecule has 0 radical (unpaired) electrons. The molecule has 5 nitrogen and oxygen atoms in total. The molecule has 6 heteroatoms. The minimum Gasteiger partial charge on any atom is -0.398 e. The highest BCUT2D eigenvalue weighted by Gasteiger charge is 2.11. The van der Waals surface area contributed by atoms with Crippen molar-refractivity contribution in [2.75, 3.05) is 5.73 Å². The fraction of sp³-hybridized carbons (Fsp3) is 0.312. The molecule has 0 spiro atoms. The molecular formula is C16H21FN4O. The number of hydrogen-bond acceptors (Lipinski definition) is 4. The van der Waals surface area contributed by atoms with E-state index in [1.807, 2.05) is 13.8 Å². The molecular weight excluding hydrogens is 283 g/mol. The normalized spacial score (nSPS) is 9.68. The van der Waals surface area contributed by atoms with E-state index in [4.69, 9.17) is 5.73 Å². The Hall–Kier alpha value is -2.50. The molecule has 22 heavy (non-hydrogen) atoms. The molecule has 1 amide bonds. The van der Waals surface area contributed by atoms with E-state index >= 15 is 0 Å². The minimum absolute atomic E-state index is 0.0835. The van der Waals surface area contributed by atoms with Gasteiger partial charge in [0.1, 0.15) is 12.1 Å². The first-order valence-electron chi connectivity index (χ1n) is 7.08. The zero-order valence-corrected chi connectivity index (χ0v) is 13.3. The van der Waals surface area contributed by atoms with Gasteiger partial charge in [-0.1, -0.05) is 13.8 Å². The van der Waals surface area contributed by atoms with Crippen LogP contribution in [0.25, 0.3) is 0 Å². The summed E-state index contributed by atoms with van der Waals surface area (Å²) in [6.07, 6.45) is 2.80. The molecule has 118 valence electrons. The Kier molecular flexibility index (Phi) is 6.44. The van der Waals surface area contributed by atoms with Crippen molar-refractivity contribution in [3.63, 3.8) is 0 Å².